The molecule has 3 N–H and O–H groups in total. The molecule has 0 aliphatic rings. The first-order valence-electron chi connectivity index (χ1n) is 14.9. The van der Waals surface area contributed by atoms with E-state index in [-0.39, 0.29) is 16.6 Å². The number of hydrogen-bond acceptors (Lipinski definition) is 7. The third kappa shape index (κ3) is 9.15. The average molecular weight is 685 g/mol. The van der Waals surface area contributed by atoms with E-state index in [9.17, 15) is 18.0 Å². The number of carboxylic acids is 1. The van der Waals surface area contributed by atoms with Crippen LogP contribution in [0.5, 0.6) is 17.2 Å². The number of benzene rings is 5. The van der Waals surface area contributed by atoms with E-state index in [1.54, 1.807) is 48.5 Å². The van der Waals surface area contributed by atoms with Crippen LogP contribution in [0.4, 0.5) is 11.4 Å². The van der Waals surface area contributed by atoms with E-state index in [0.717, 1.165) is 34.2 Å². The Morgan fingerprint density at radius 3 is 2.12 bits per heavy atom. The highest BCUT2D eigenvalue weighted by molar-refractivity contribution is 7.92. The Morgan fingerprint density at radius 2 is 1.46 bits per heavy atom. The van der Waals surface area contributed by atoms with Crippen LogP contribution in [0.1, 0.15) is 38.2 Å². The minimum Gasteiger partial charge on any atom is -0.480 e. The molecule has 9 nitrogen and oxygen atoms in total. The maximum absolute atomic E-state index is 12.8. The second kappa shape index (κ2) is 15.1. The highest BCUT2D eigenvalue weighted by Gasteiger charge is 2.16. The zero-order valence-electron chi connectivity index (χ0n) is 26.2. The first kappa shape index (κ1) is 34.0. The van der Waals surface area contributed by atoms with Crippen molar-refractivity contribution in [2.75, 3.05) is 22.9 Å². The maximum Gasteiger partial charge on any atom is 0.341 e. The van der Waals surface area contributed by atoms with Crippen molar-refractivity contribution < 1.29 is 32.6 Å². The van der Waals surface area contributed by atoms with Crippen LogP contribution in [-0.2, 0) is 27.8 Å². The van der Waals surface area contributed by atoms with Gasteiger partial charge in [0.1, 0.15) is 17.2 Å². The molecule has 0 atom stereocenters. The standard InChI is InChI=1S/C37H33ClN2O7S/c1-24-33(39-22-26-10-15-30(16-11-26)47-31-17-18-32(38)34(21-31)46-23-35(41)42)19-14-29(36(24)40-48(2,44)45)20-25-8-12-28(13-9-25)37(43)27-6-4-3-5-7-27/h3-19,21,39-40H,20,22-23H2,1-2H3,(H,41,42). The van der Waals surface area contributed by atoms with E-state index < -0.39 is 22.6 Å². The zero-order valence-corrected chi connectivity index (χ0v) is 27.8. The van der Waals surface area contributed by atoms with Gasteiger partial charge in [0.2, 0.25) is 10.0 Å². The molecule has 5 rings (SSSR count). The molecule has 5 aromatic carbocycles. The van der Waals surface area contributed by atoms with Crippen LogP contribution in [0.25, 0.3) is 0 Å². The van der Waals surface area contributed by atoms with Gasteiger partial charge >= 0.3 is 5.97 Å². The van der Waals surface area contributed by atoms with Crippen molar-refractivity contribution >= 4 is 44.8 Å². The largest absolute Gasteiger partial charge is 0.480 e. The molecular formula is C37H33ClN2O7S. The summed E-state index contributed by atoms with van der Waals surface area (Å²) in [5.74, 6) is 0.0228. The van der Waals surface area contributed by atoms with Crippen molar-refractivity contribution in [3.05, 3.63) is 148 Å². The van der Waals surface area contributed by atoms with Crippen molar-refractivity contribution in [3.8, 4) is 17.2 Å². The number of rotatable bonds is 14. The second-order valence-electron chi connectivity index (χ2n) is 11.1. The smallest absolute Gasteiger partial charge is 0.341 e. The molecule has 0 fully saturated rings. The molecule has 5 aromatic rings. The molecule has 48 heavy (non-hydrogen) atoms. The molecule has 0 heterocycles. The van der Waals surface area contributed by atoms with Gasteiger partial charge in [0, 0.05) is 29.4 Å². The number of hydrogen-bond donors (Lipinski definition) is 3. The Balaban J connectivity index is 1.26. The van der Waals surface area contributed by atoms with Crippen LogP contribution in [-0.4, -0.2) is 38.1 Å². The number of carboxylic acid groups (broad SMARTS) is 1. The number of anilines is 2. The van der Waals surface area contributed by atoms with Crippen LogP contribution in [0.3, 0.4) is 0 Å². The summed E-state index contributed by atoms with van der Waals surface area (Å²) in [5, 5.41) is 12.5. The molecule has 0 bridgehead atoms. The summed E-state index contributed by atoms with van der Waals surface area (Å²) in [6.07, 6.45) is 1.58. The topological polar surface area (TPSA) is 131 Å². The molecule has 0 aromatic heterocycles. The lowest BCUT2D eigenvalue weighted by molar-refractivity contribution is -0.139. The van der Waals surface area contributed by atoms with Gasteiger partial charge < -0.3 is 19.9 Å². The fraction of sp³-hybridized carbons (Fsp3) is 0.135. The Morgan fingerprint density at radius 1 is 0.812 bits per heavy atom. The third-order valence-corrected chi connectivity index (χ3v) is 8.27. The number of sulfonamides is 1. The summed E-state index contributed by atoms with van der Waals surface area (Å²) < 4.78 is 38.5. The van der Waals surface area contributed by atoms with Crippen LogP contribution < -0.4 is 19.5 Å². The van der Waals surface area contributed by atoms with Gasteiger partial charge in [-0.05, 0) is 65.9 Å². The SMILES string of the molecule is Cc1c(NCc2ccc(Oc3ccc(Cl)c(OCC(=O)O)c3)cc2)ccc(Cc2ccc(C(=O)c3ccccc3)cc2)c1NS(C)(=O)=O. The molecule has 0 saturated carbocycles. The molecule has 0 amide bonds. The lowest BCUT2D eigenvalue weighted by Gasteiger charge is -2.18. The van der Waals surface area contributed by atoms with E-state index in [1.165, 1.54) is 6.07 Å². The number of halogens is 1. The number of carbonyl (C=O) groups excluding carboxylic acids is 1. The van der Waals surface area contributed by atoms with Gasteiger partial charge in [-0.15, -0.1) is 0 Å². The van der Waals surface area contributed by atoms with Crippen LogP contribution >= 0.6 is 11.6 Å². The number of carbonyl (C=O) groups is 2. The molecule has 0 unspecified atom stereocenters. The van der Waals surface area contributed by atoms with E-state index in [1.807, 2.05) is 61.5 Å². The van der Waals surface area contributed by atoms with Crippen molar-refractivity contribution in [2.45, 2.75) is 19.9 Å². The number of ketones is 1. The Labute approximate surface area is 284 Å². The lowest BCUT2D eigenvalue weighted by Crippen LogP contribution is -2.14. The van der Waals surface area contributed by atoms with Gasteiger partial charge in [0.25, 0.3) is 0 Å². The maximum atomic E-state index is 12.8. The highest BCUT2D eigenvalue weighted by Crippen LogP contribution is 2.33. The van der Waals surface area contributed by atoms with Gasteiger partial charge in [0.05, 0.1) is 17.0 Å². The van der Waals surface area contributed by atoms with Gasteiger partial charge in [-0.2, -0.15) is 0 Å². The molecule has 0 saturated heterocycles. The van der Waals surface area contributed by atoms with Crippen LogP contribution in [0, 0.1) is 6.92 Å². The average Bonchev–Trinajstić information content (AvgIpc) is 3.07. The normalized spacial score (nSPS) is 11.1. The van der Waals surface area contributed by atoms with E-state index in [2.05, 4.69) is 10.0 Å². The van der Waals surface area contributed by atoms with Crippen LogP contribution in [0.15, 0.2) is 109 Å². The van der Waals surface area contributed by atoms with Crippen molar-refractivity contribution in [3.63, 3.8) is 0 Å². The predicted molar refractivity (Wildman–Crippen MR) is 187 cm³/mol. The molecule has 0 aliphatic heterocycles. The predicted octanol–water partition coefficient (Wildman–Crippen LogP) is 7.71. The first-order valence-corrected chi connectivity index (χ1v) is 17.2. The lowest BCUT2D eigenvalue weighted by atomic mass is 9.97. The summed E-state index contributed by atoms with van der Waals surface area (Å²) in [4.78, 5) is 23.6. The van der Waals surface area contributed by atoms with Gasteiger partial charge in [-0.1, -0.05) is 84.4 Å². The minimum absolute atomic E-state index is 0.0600. The monoisotopic (exact) mass is 684 g/mol. The van der Waals surface area contributed by atoms with Crippen molar-refractivity contribution in [2.24, 2.45) is 0 Å². The number of nitrogens with one attached hydrogen (secondary N) is 2. The summed E-state index contributed by atoms with van der Waals surface area (Å²) in [6.45, 7) is 1.80. The van der Waals surface area contributed by atoms with E-state index in [0.29, 0.717) is 41.3 Å². The molecule has 11 heteroatoms. The molecule has 0 radical (unpaired) electrons. The second-order valence-corrected chi connectivity index (χ2v) is 13.2. The van der Waals surface area contributed by atoms with Gasteiger partial charge in [-0.3, -0.25) is 9.52 Å². The Hall–Kier alpha value is -5.32. The fourth-order valence-corrected chi connectivity index (χ4v) is 5.82. The van der Waals surface area contributed by atoms with Crippen LogP contribution in [0.2, 0.25) is 5.02 Å². The van der Waals surface area contributed by atoms with E-state index >= 15 is 0 Å². The van der Waals surface area contributed by atoms with Crippen molar-refractivity contribution in [1.82, 2.24) is 0 Å². The number of aliphatic carboxylic acids is 1. The quantitative estimate of drug-likeness (QED) is 0.101. The van der Waals surface area contributed by atoms with Crippen molar-refractivity contribution in [1.29, 1.82) is 0 Å². The summed E-state index contributed by atoms with van der Waals surface area (Å²) >= 11 is 6.09. The minimum atomic E-state index is -3.57. The first-order chi connectivity index (χ1) is 22.9. The summed E-state index contributed by atoms with van der Waals surface area (Å²) in [5.41, 5.74) is 5.90. The third-order valence-electron chi connectivity index (χ3n) is 7.38. The zero-order chi connectivity index (χ0) is 34.3. The Bertz CT molecular complexity index is 2030. The number of ether oxygens (including phenoxy) is 2. The molecular weight excluding hydrogens is 652 g/mol. The molecule has 0 spiro atoms. The molecule has 246 valence electrons. The summed E-state index contributed by atoms with van der Waals surface area (Å²) in [6, 6.07) is 32.4. The van der Waals surface area contributed by atoms with Gasteiger partial charge in [0.15, 0.2) is 12.4 Å². The molecule has 0 aliphatic carbocycles. The fourth-order valence-electron chi connectivity index (χ4n) is 4.99. The highest BCUT2D eigenvalue weighted by atomic mass is 35.5. The Kier molecular flexibility index (Phi) is 10.7. The van der Waals surface area contributed by atoms with Gasteiger partial charge in [-0.25, -0.2) is 13.2 Å². The van der Waals surface area contributed by atoms with E-state index in [4.69, 9.17) is 26.2 Å². The summed E-state index contributed by atoms with van der Waals surface area (Å²) in [7, 11) is -3.57.